The van der Waals surface area contributed by atoms with E-state index in [1.807, 2.05) is 0 Å². The Balaban J connectivity index is 1.72. The van der Waals surface area contributed by atoms with E-state index in [1.165, 1.54) is 12.8 Å². The number of hydrogen-bond acceptors (Lipinski definition) is 4. The van der Waals surface area contributed by atoms with Gasteiger partial charge >= 0.3 is 0 Å². The molecule has 1 saturated heterocycles. The number of thiocarbonyl (C=S) groups is 1. The number of quaternary nitrogens is 1. The van der Waals surface area contributed by atoms with Crippen molar-refractivity contribution in [3.05, 3.63) is 0 Å². The molecule has 0 unspecified atom stereocenters. The molecular weight excluding hydrogens is 324 g/mol. The van der Waals surface area contributed by atoms with E-state index in [2.05, 4.69) is 16.0 Å². The van der Waals surface area contributed by atoms with Crippen LogP contribution in [0, 0.1) is 5.92 Å². The topological polar surface area (TPSA) is 89.4 Å². The van der Waals surface area contributed by atoms with Gasteiger partial charge in [0, 0.05) is 18.7 Å². The SMILES string of the molecule is [NH3+][C@H]1CCCC[C@H]1N=C[C@H]1C(=O)NC(=S)N(C2CCCCC2)C1=O. The highest BCUT2D eigenvalue weighted by Gasteiger charge is 2.41. The standard InChI is InChI=1S/C17H26N4O2S/c18-13-8-4-5-9-14(13)19-10-12-15(22)20-17(24)21(16(12)23)11-6-2-1-3-7-11/h10-14H,1-9,18H2,(H,20,22,24)/p+1/t12-,13-,14+/m0/s1. The summed E-state index contributed by atoms with van der Waals surface area (Å²) in [5, 5.41) is 2.96. The second kappa shape index (κ2) is 7.70. The molecule has 24 heavy (non-hydrogen) atoms. The number of hydrogen-bond donors (Lipinski definition) is 2. The van der Waals surface area contributed by atoms with E-state index in [9.17, 15) is 9.59 Å². The zero-order valence-electron chi connectivity index (χ0n) is 14.1. The van der Waals surface area contributed by atoms with Crippen molar-refractivity contribution in [2.45, 2.75) is 75.9 Å². The highest BCUT2D eigenvalue weighted by molar-refractivity contribution is 7.80. The molecule has 3 rings (SSSR count). The molecule has 2 aliphatic carbocycles. The Bertz CT molecular complexity index is 545. The van der Waals surface area contributed by atoms with E-state index in [4.69, 9.17) is 12.2 Å². The zero-order chi connectivity index (χ0) is 17.1. The third kappa shape index (κ3) is 3.67. The Kier molecular flexibility index (Phi) is 5.61. The Morgan fingerprint density at radius 2 is 1.75 bits per heavy atom. The van der Waals surface area contributed by atoms with E-state index >= 15 is 0 Å². The lowest BCUT2D eigenvalue weighted by atomic mass is 9.91. The second-order valence-electron chi connectivity index (χ2n) is 7.18. The van der Waals surface area contributed by atoms with Gasteiger partial charge in [0.2, 0.25) is 11.8 Å². The Labute approximate surface area is 148 Å². The summed E-state index contributed by atoms with van der Waals surface area (Å²) in [7, 11) is 0. The molecule has 6 nitrogen and oxygen atoms in total. The van der Waals surface area contributed by atoms with Crippen molar-refractivity contribution < 1.29 is 15.3 Å². The van der Waals surface area contributed by atoms with Gasteiger partial charge in [-0.25, -0.2) is 0 Å². The number of amides is 2. The average molecular weight is 351 g/mol. The van der Waals surface area contributed by atoms with Crippen LogP contribution in [-0.2, 0) is 9.59 Å². The van der Waals surface area contributed by atoms with Crippen molar-refractivity contribution in [1.82, 2.24) is 10.2 Å². The first kappa shape index (κ1) is 17.5. The smallest absolute Gasteiger partial charge is 0.247 e. The number of nitrogens with one attached hydrogen (secondary N) is 1. The van der Waals surface area contributed by atoms with E-state index in [0.29, 0.717) is 0 Å². The van der Waals surface area contributed by atoms with Gasteiger partial charge in [-0.15, -0.1) is 0 Å². The fraction of sp³-hybridized carbons (Fsp3) is 0.765. The molecule has 0 aromatic carbocycles. The van der Waals surface area contributed by atoms with Crippen molar-refractivity contribution in [3.8, 4) is 0 Å². The molecule has 7 heteroatoms. The van der Waals surface area contributed by atoms with Crippen molar-refractivity contribution >= 4 is 35.4 Å². The average Bonchev–Trinajstić information content (AvgIpc) is 2.57. The van der Waals surface area contributed by atoms with Gasteiger partial charge in [-0.1, -0.05) is 25.7 Å². The molecule has 0 aromatic rings. The Hall–Kier alpha value is -1.34. The fourth-order valence-corrected chi connectivity index (χ4v) is 4.34. The van der Waals surface area contributed by atoms with Crippen LogP contribution in [0.15, 0.2) is 4.99 Å². The van der Waals surface area contributed by atoms with Crippen LogP contribution < -0.4 is 11.1 Å². The van der Waals surface area contributed by atoms with Crippen LogP contribution in [0.4, 0.5) is 0 Å². The quantitative estimate of drug-likeness (QED) is 0.448. The monoisotopic (exact) mass is 351 g/mol. The molecule has 0 spiro atoms. The van der Waals surface area contributed by atoms with Gasteiger partial charge in [-0.3, -0.25) is 19.5 Å². The summed E-state index contributed by atoms with van der Waals surface area (Å²) >= 11 is 5.26. The molecule has 132 valence electrons. The van der Waals surface area contributed by atoms with Crippen LogP contribution in [0.2, 0.25) is 0 Å². The molecule has 2 saturated carbocycles. The molecule has 1 aliphatic heterocycles. The lowest BCUT2D eigenvalue weighted by Gasteiger charge is -2.38. The normalized spacial score (nSPS) is 33.1. The fourth-order valence-electron chi connectivity index (χ4n) is 4.00. The van der Waals surface area contributed by atoms with E-state index in [-0.39, 0.29) is 35.1 Å². The maximum absolute atomic E-state index is 12.9. The van der Waals surface area contributed by atoms with Crippen molar-refractivity contribution in [1.29, 1.82) is 0 Å². The van der Waals surface area contributed by atoms with E-state index in [1.54, 1.807) is 11.1 Å². The summed E-state index contributed by atoms with van der Waals surface area (Å²) in [6.07, 6.45) is 11.2. The van der Waals surface area contributed by atoms with Crippen LogP contribution in [0.25, 0.3) is 0 Å². The minimum atomic E-state index is -0.854. The van der Waals surface area contributed by atoms with Crippen molar-refractivity contribution in [3.63, 3.8) is 0 Å². The van der Waals surface area contributed by atoms with Crippen LogP contribution in [0.5, 0.6) is 0 Å². The molecule has 2 amide bonds. The largest absolute Gasteiger partial charge is 0.353 e. The third-order valence-corrected chi connectivity index (χ3v) is 5.77. The first-order chi connectivity index (χ1) is 11.6. The van der Waals surface area contributed by atoms with Crippen LogP contribution in [0.3, 0.4) is 0 Å². The van der Waals surface area contributed by atoms with Crippen LogP contribution in [-0.4, -0.2) is 46.2 Å². The first-order valence-electron chi connectivity index (χ1n) is 9.12. The van der Waals surface area contributed by atoms with Gasteiger partial charge < -0.3 is 11.1 Å². The number of carbonyl (C=O) groups excluding carboxylic acids is 2. The summed E-state index contributed by atoms with van der Waals surface area (Å²) in [5.74, 6) is -1.42. The molecule has 3 fully saturated rings. The van der Waals surface area contributed by atoms with Crippen LogP contribution >= 0.6 is 12.2 Å². The maximum Gasteiger partial charge on any atom is 0.247 e. The summed E-state index contributed by atoms with van der Waals surface area (Å²) in [6, 6.07) is 0.508. The predicted molar refractivity (Wildman–Crippen MR) is 95.4 cm³/mol. The second-order valence-corrected chi connectivity index (χ2v) is 7.57. The molecule has 0 aromatic heterocycles. The van der Waals surface area contributed by atoms with E-state index in [0.717, 1.165) is 44.9 Å². The number of nitrogens with zero attached hydrogens (tertiary/aromatic N) is 2. The zero-order valence-corrected chi connectivity index (χ0v) is 14.9. The van der Waals surface area contributed by atoms with Gasteiger partial charge in [0.05, 0.1) is 0 Å². The third-order valence-electron chi connectivity index (χ3n) is 5.47. The molecule has 0 radical (unpaired) electrons. The molecule has 3 atom stereocenters. The summed E-state index contributed by atoms with van der Waals surface area (Å²) in [6.45, 7) is 0. The molecule has 4 N–H and O–H groups in total. The summed E-state index contributed by atoms with van der Waals surface area (Å²) in [4.78, 5) is 31.3. The summed E-state index contributed by atoms with van der Waals surface area (Å²) in [5.41, 5.74) is 4.15. The maximum atomic E-state index is 12.9. The lowest BCUT2D eigenvalue weighted by Crippen LogP contribution is -2.66. The number of aliphatic imine (C=N–C) groups is 1. The molecule has 0 bridgehead atoms. The minimum absolute atomic E-state index is 0.116. The summed E-state index contributed by atoms with van der Waals surface area (Å²) < 4.78 is 0. The molecule has 3 aliphatic rings. The highest BCUT2D eigenvalue weighted by Crippen LogP contribution is 2.26. The van der Waals surface area contributed by atoms with Gasteiger partial charge in [-0.05, 0) is 37.9 Å². The van der Waals surface area contributed by atoms with Gasteiger partial charge in [0.15, 0.2) is 11.0 Å². The number of rotatable bonds is 3. The Morgan fingerprint density at radius 1 is 1.08 bits per heavy atom. The lowest BCUT2D eigenvalue weighted by molar-refractivity contribution is -0.428. The highest BCUT2D eigenvalue weighted by atomic mass is 32.1. The first-order valence-corrected chi connectivity index (χ1v) is 9.53. The molecular formula is C17H27N4O2S+. The minimum Gasteiger partial charge on any atom is -0.353 e. The van der Waals surface area contributed by atoms with Crippen LogP contribution in [0.1, 0.15) is 57.8 Å². The van der Waals surface area contributed by atoms with Crippen molar-refractivity contribution in [2.75, 3.05) is 0 Å². The van der Waals surface area contributed by atoms with Gasteiger partial charge in [0.25, 0.3) is 0 Å². The predicted octanol–water partition coefficient (Wildman–Crippen LogP) is 0.802. The number of carbonyl (C=O) groups is 2. The van der Waals surface area contributed by atoms with E-state index < -0.39 is 5.92 Å². The van der Waals surface area contributed by atoms with Gasteiger partial charge in [-0.2, -0.15) is 0 Å². The van der Waals surface area contributed by atoms with Crippen molar-refractivity contribution in [2.24, 2.45) is 10.9 Å². The molecule has 1 heterocycles. The van der Waals surface area contributed by atoms with Gasteiger partial charge in [0.1, 0.15) is 12.1 Å². The Morgan fingerprint density at radius 3 is 2.46 bits per heavy atom.